The Bertz CT molecular complexity index is 417. The zero-order valence-corrected chi connectivity index (χ0v) is 12.9. The molecule has 1 saturated carbocycles. The van der Waals surface area contributed by atoms with Gasteiger partial charge in [0, 0.05) is 24.5 Å². The van der Waals surface area contributed by atoms with Gasteiger partial charge in [0.05, 0.1) is 0 Å². The number of benzene rings is 1. The van der Waals surface area contributed by atoms with Gasteiger partial charge in [-0.1, -0.05) is 50.6 Å². The molecule has 0 bridgehead atoms. The molecule has 1 aliphatic carbocycles. The van der Waals surface area contributed by atoms with E-state index >= 15 is 0 Å². The number of hydrogen-bond donors (Lipinski definition) is 1. The number of hydrogen-bond acceptors (Lipinski definition) is 2. The van der Waals surface area contributed by atoms with Gasteiger partial charge in [-0.25, -0.2) is 0 Å². The minimum Gasteiger partial charge on any atom is -0.312 e. The molecule has 1 saturated heterocycles. The second kappa shape index (κ2) is 6.28. The van der Waals surface area contributed by atoms with Crippen molar-refractivity contribution in [1.29, 1.82) is 0 Å². The molecule has 110 valence electrons. The first kappa shape index (κ1) is 14.1. The van der Waals surface area contributed by atoms with Crippen molar-refractivity contribution in [2.75, 3.05) is 19.6 Å². The van der Waals surface area contributed by atoms with Crippen molar-refractivity contribution in [3.63, 3.8) is 0 Å². The molecule has 2 fully saturated rings. The summed E-state index contributed by atoms with van der Waals surface area (Å²) in [6, 6.07) is 12.5. The Morgan fingerprint density at radius 2 is 2.10 bits per heavy atom. The van der Waals surface area contributed by atoms with Crippen molar-refractivity contribution in [3.05, 3.63) is 35.9 Å². The molecule has 1 aromatic carbocycles. The maximum absolute atomic E-state index is 3.76. The van der Waals surface area contributed by atoms with Gasteiger partial charge >= 0.3 is 0 Å². The Morgan fingerprint density at radius 1 is 1.30 bits per heavy atom. The summed E-state index contributed by atoms with van der Waals surface area (Å²) in [4.78, 5) is 2.76. The summed E-state index contributed by atoms with van der Waals surface area (Å²) in [6.45, 7) is 8.40. The zero-order valence-electron chi connectivity index (χ0n) is 12.9. The third kappa shape index (κ3) is 3.07. The third-order valence-electron chi connectivity index (χ3n) is 5.24. The monoisotopic (exact) mass is 272 g/mol. The predicted molar refractivity (Wildman–Crippen MR) is 85.0 cm³/mol. The smallest absolute Gasteiger partial charge is 0.0220 e. The normalized spacial score (nSPS) is 32.6. The largest absolute Gasteiger partial charge is 0.312 e. The van der Waals surface area contributed by atoms with Gasteiger partial charge in [0.15, 0.2) is 0 Å². The second-order valence-electron chi connectivity index (χ2n) is 6.61. The van der Waals surface area contributed by atoms with Crippen molar-refractivity contribution in [1.82, 2.24) is 10.2 Å². The van der Waals surface area contributed by atoms with Gasteiger partial charge in [0.2, 0.25) is 0 Å². The maximum atomic E-state index is 3.76. The van der Waals surface area contributed by atoms with Gasteiger partial charge in [0.1, 0.15) is 0 Å². The maximum Gasteiger partial charge on any atom is 0.0220 e. The van der Waals surface area contributed by atoms with Crippen molar-refractivity contribution >= 4 is 0 Å². The summed E-state index contributed by atoms with van der Waals surface area (Å²) in [5, 5.41) is 3.76. The van der Waals surface area contributed by atoms with E-state index in [-0.39, 0.29) is 0 Å². The highest BCUT2D eigenvalue weighted by atomic mass is 15.2. The van der Waals surface area contributed by atoms with E-state index in [2.05, 4.69) is 54.4 Å². The molecule has 4 unspecified atom stereocenters. The van der Waals surface area contributed by atoms with Crippen LogP contribution < -0.4 is 5.32 Å². The van der Waals surface area contributed by atoms with Crippen LogP contribution in [0.5, 0.6) is 0 Å². The Morgan fingerprint density at radius 3 is 2.85 bits per heavy atom. The highest BCUT2D eigenvalue weighted by molar-refractivity contribution is 5.27. The van der Waals surface area contributed by atoms with E-state index in [4.69, 9.17) is 0 Å². The second-order valence-corrected chi connectivity index (χ2v) is 6.61. The van der Waals surface area contributed by atoms with E-state index < -0.39 is 0 Å². The fourth-order valence-electron chi connectivity index (χ4n) is 3.59. The average Bonchev–Trinajstić information content (AvgIpc) is 3.30. The van der Waals surface area contributed by atoms with Crippen LogP contribution in [0.3, 0.4) is 0 Å². The predicted octanol–water partition coefficient (Wildman–Crippen LogP) is 3.25. The van der Waals surface area contributed by atoms with Crippen LogP contribution >= 0.6 is 0 Å². The van der Waals surface area contributed by atoms with Gasteiger partial charge < -0.3 is 5.32 Å². The quantitative estimate of drug-likeness (QED) is 0.905. The Hall–Kier alpha value is -0.860. The first-order valence-corrected chi connectivity index (χ1v) is 8.32. The van der Waals surface area contributed by atoms with Crippen molar-refractivity contribution in [2.24, 2.45) is 5.92 Å². The lowest BCUT2D eigenvalue weighted by atomic mass is 9.99. The minimum absolute atomic E-state index is 0.680. The van der Waals surface area contributed by atoms with Crippen molar-refractivity contribution < 1.29 is 0 Å². The van der Waals surface area contributed by atoms with E-state index in [1.807, 2.05) is 0 Å². The molecule has 1 N–H and O–H groups in total. The first-order chi connectivity index (χ1) is 9.79. The molecule has 0 radical (unpaired) electrons. The molecule has 1 aromatic rings. The van der Waals surface area contributed by atoms with Crippen LogP contribution in [0.15, 0.2) is 30.3 Å². The molecule has 4 atom stereocenters. The highest BCUT2D eigenvalue weighted by Gasteiger charge is 2.43. The Balaban J connectivity index is 1.62. The molecule has 2 nitrogen and oxygen atoms in total. The number of rotatable bonds is 4. The summed E-state index contributed by atoms with van der Waals surface area (Å²) < 4.78 is 0. The summed E-state index contributed by atoms with van der Waals surface area (Å²) in [5.74, 6) is 1.57. The lowest BCUT2D eigenvalue weighted by Gasteiger charge is -2.28. The highest BCUT2D eigenvalue weighted by Crippen LogP contribution is 2.45. The van der Waals surface area contributed by atoms with Crippen LogP contribution in [0.1, 0.15) is 44.6 Å². The van der Waals surface area contributed by atoms with Crippen LogP contribution in [0.25, 0.3) is 0 Å². The summed E-state index contributed by atoms with van der Waals surface area (Å²) in [6.07, 6.45) is 3.93. The fourth-order valence-corrected chi connectivity index (χ4v) is 3.59. The molecule has 0 amide bonds. The number of nitrogens with one attached hydrogen (secondary N) is 1. The molecule has 0 spiro atoms. The lowest BCUT2D eigenvalue weighted by Crippen LogP contribution is -2.42. The molecule has 2 aliphatic rings. The molecule has 0 aromatic heterocycles. The summed E-state index contributed by atoms with van der Waals surface area (Å²) >= 11 is 0. The average molecular weight is 272 g/mol. The first-order valence-electron chi connectivity index (χ1n) is 8.32. The molecule has 1 heterocycles. The zero-order chi connectivity index (χ0) is 13.9. The lowest BCUT2D eigenvalue weighted by molar-refractivity contribution is 0.227. The van der Waals surface area contributed by atoms with Crippen LogP contribution in [0.4, 0.5) is 0 Å². The summed E-state index contributed by atoms with van der Waals surface area (Å²) in [5.41, 5.74) is 1.54. The van der Waals surface area contributed by atoms with Crippen molar-refractivity contribution in [2.45, 2.75) is 51.1 Å². The van der Waals surface area contributed by atoms with E-state index in [1.165, 1.54) is 44.5 Å². The van der Waals surface area contributed by atoms with Gasteiger partial charge in [-0.3, -0.25) is 4.90 Å². The van der Waals surface area contributed by atoms with Gasteiger partial charge in [-0.05, 0) is 37.4 Å². The van der Waals surface area contributed by atoms with Gasteiger partial charge in [0.25, 0.3) is 0 Å². The SMILES string of the molecule is CCC(C)C1CN(C2CC2c2ccccc2)CCCN1. The standard InChI is InChI=1S/C18H28N2/c1-3-14(2)17-13-20(11-7-10-19-17)18-12-16(18)15-8-5-4-6-9-15/h4-6,8-9,14,16-19H,3,7,10-13H2,1-2H3. The van der Waals surface area contributed by atoms with Crippen LogP contribution in [0, 0.1) is 5.92 Å². The van der Waals surface area contributed by atoms with Crippen molar-refractivity contribution in [3.8, 4) is 0 Å². The molecule has 20 heavy (non-hydrogen) atoms. The van der Waals surface area contributed by atoms with Gasteiger partial charge in [-0.15, -0.1) is 0 Å². The summed E-state index contributed by atoms with van der Waals surface area (Å²) in [7, 11) is 0. The van der Waals surface area contributed by atoms with E-state index in [0.717, 1.165) is 17.9 Å². The van der Waals surface area contributed by atoms with E-state index in [9.17, 15) is 0 Å². The molecule has 3 rings (SSSR count). The van der Waals surface area contributed by atoms with Crippen LogP contribution in [0.2, 0.25) is 0 Å². The van der Waals surface area contributed by atoms with E-state index in [0.29, 0.717) is 6.04 Å². The minimum atomic E-state index is 0.680. The van der Waals surface area contributed by atoms with Crippen LogP contribution in [-0.4, -0.2) is 36.6 Å². The van der Waals surface area contributed by atoms with Crippen LogP contribution in [-0.2, 0) is 0 Å². The Kier molecular flexibility index (Phi) is 4.42. The number of nitrogens with zero attached hydrogens (tertiary/aromatic N) is 1. The van der Waals surface area contributed by atoms with E-state index in [1.54, 1.807) is 0 Å². The third-order valence-corrected chi connectivity index (χ3v) is 5.24. The molecular formula is C18H28N2. The topological polar surface area (TPSA) is 15.3 Å². The fraction of sp³-hybridized carbons (Fsp3) is 0.667. The molecular weight excluding hydrogens is 244 g/mol. The molecule has 2 heteroatoms. The molecule has 1 aliphatic heterocycles. The van der Waals surface area contributed by atoms with Gasteiger partial charge in [-0.2, -0.15) is 0 Å². The Labute approximate surface area is 123 Å².